The molecule has 94 valence electrons. The minimum absolute atomic E-state index is 0.663. The third-order valence-electron chi connectivity index (χ3n) is 4.65. The maximum atomic E-state index is 5.97. The van der Waals surface area contributed by atoms with Gasteiger partial charge in [-0.25, -0.2) is 0 Å². The van der Waals surface area contributed by atoms with Gasteiger partial charge in [0.2, 0.25) is 0 Å². The topological polar surface area (TPSA) is 29.3 Å². The van der Waals surface area contributed by atoms with Crippen molar-refractivity contribution in [2.45, 2.75) is 70.4 Å². The van der Waals surface area contributed by atoms with Crippen LogP contribution in [0.1, 0.15) is 58.3 Å². The molecule has 1 aliphatic carbocycles. The fourth-order valence-electron chi connectivity index (χ4n) is 3.87. The summed E-state index contributed by atoms with van der Waals surface area (Å²) in [6, 6.07) is 1.54. The van der Waals surface area contributed by atoms with Crippen molar-refractivity contribution in [1.29, 1.82) is 0 Å². The largest absolute Gasteiger partial charge is 0.329 e. The van der Waals surface area contributed by atoms with Crippen LogP contribution in [0.15, 0.2) is 0 Å². The first-order valence-corrected chi connectivity index (χ1v) is 7.32. The molecule has 0 aromatic carbocycles. The Kier molecular flexibility index (Phi) is 4.66. The molecule has 1 aliphatic heterocycles. The number of piperidine rings is 1. The molecule has 0 spiro atoms. The average molecular weight is 224 g/mol. The van der Waals surface area contributed by atoms with Gasteiger partial charge < -0.3 is 5.73 Å². The van der Waals surface area contributed by atoms with Crippen molar-refractivity contribution in [3.63, 3.8) is 0 Å². The summed E-state index contributed by atoms with van der Waals surface area (Å²) in [5.74, 6) is 0.994. The fourth-order valence-corrected chi connectivity index (χ4v) is 3.87. The van der Waals surface area contributed by atoms with Gasteiger partial charge in [0.15, 0.2) is 0 Å². The zero-order chi connectivity index (χ0) is 11.4. The zero-order valence-corrected chi connectivity index (χ0v) is 10.8. The summed E-state index contributed by atoms with van der Waals surface area (Å²) in [5.41, 5.74) is 5.97. The third kappa shape index (κ3) is 2.60. The second-order valence-electron chi connectivity index (χ2n) is 5.67. The Bertz CT molecular complexity index is 203. The predicted molar refractivity (Wildman–Crippen MR) is 69.4 cm³/mol. The molecule has 2 rings (SSSR count). The highest BCUT2D eigenvalue weighted by Gasteiger charge is 2.35. The number of nitrogens with two attached hydrogens (primary N) is 1. The molecule has 3 atom stereocenters. The van der Waals surface area contributed by atoms with Gasteiger partial charge in [0.25, 0.3) is 0 Å². The van der Waals surface area contributed by atoms with Gasteiger partial charge in [-0.3, -0.25) is 4.90 Å². The molecule has 1 saturated carbocycles. The summed E-state index contributed by atoms with van der Waals surface area (Å²) < 4.78 is 0. The van der Waals surface area contributed by atoms with Crippen LogP contribution in [0.3, 0.4) is 0 Å². The SMILES string of the molecule is CCCC(CN)N1CCC[C@H]2CCCC[C@H]21. The van der Waals surface area contributed by atoms with Gasteiger partial charge >= 0.3 is 0 Å². The molecule has 1 saturated heterocycles. The molecule has 2 aliphatic rings. The van der Waals surface area contributed by atoms with Gasteiger partial charge in [-0.2, -0.15) is 0 Å². The lowest BCUT2D eigenvalue weighted by molar-refractivity contribution is 0.0253. The standard InChI is InChI=1S/C14H28N2/c1-2-6-13(11-15)16-10-5-8-12-7-3-4-9-14(12)16/h12-14H,2-11,15H2,1H3/t12-,13?,14-/m1/s1. The lowest BCUT2D eigenvalue weighted by Crippen LogP contribution is -2.53. The Hall–Kier alpha value is -0.0800. The molecule has 16 heavy (non-hydrogen) atoms. The number of fused-ring (bicyclic) bond motifs is 1. The van der Waals surface area contributed by atoms with Crippen molar-refractivity contribution in [1.82, 2.24) is 4.90 Å². The normalized spacial score (nSPS) is 33.4. The van der Waals surface area contributed by atoms with Crippen LogP contribution in [0.5, 0.6) is 0 Å². The molecule has 0 bridgehead atoms. The molecule has 2 heteroatoms. The Balaban J connectivity index is 2.00. The highest BCUT2D eigenvalue weighted by Crippen LogP contribution is 2.36. The van der Waals surface area contributed by atoms with Crippen LogP contribution in [0, 0.1) is 5.92 Å². The molecule has 0 aromatic rings. The molecule has 1 unspecified atom stereocenters. The van der Waals surface area contributed by atoms with Crippen molar-refractivity contribution in [3.8, 4) is 0 Å². The monoisotopic (exact) mass is 224 g/mol. The Labute approximate surface area is 101 Å². The van der Waals surface area contributed by atoms with Crippen LogP contribution in [-0.4, -0.2) is 30.1 Å². The lowest BCUT2D eigenvalue weighted by atomic mass is 9.77. The highest BCUT2D eigenvalue weighted by molar-refractivity contribution is 4.90. The third-order valence-corrected chi connectivity index (χ3v) is 4.65. The van der Waals surface area contributed by atoms with E-state index in [1.54, 1.807) is 0 Å². The van der Waals surface area contributed by atoms with E-state index in [0.717, 1.165) is 18.5 Å². The van der Waals surface area contributed by atoms with Gasteiger partial charge in [-0.15, -0.1) is 0 Å². The number of rotatable bonds is 4. The molecule has 2 fully saturated rings. The second-order valence-corrected chi connectivity index (χ2v) is 5.67. The van der Waals surface area contributed by atoms with E-state index in [2.05, 4.69) is 11.8 Å². The number of hydrogen-bond donors (Lipinski definition) is 1. The van der Waals surface area contributed by atoms with Gasteiger partial charge in [0.05, 0.1) is 0 Å². The average Bonchev–Trinajstić information content (AvgIpc) is 2.35. The first kappa shape index (κ1) is 12.4. The second kappa shape index (κ2) is 6.02. The predicted octanol–water partition coefficient (Wildman–Crippen LogP) is 2.77. The van der Waals surface area contributed by atoms with Crippen LogP contribution in [-0.2, 0) is 0 Å². The summed E-state index contributed by atoms with van der Waals surface area (Å²) in [4.78, 5) is 2.77. The number of hydrogen-bond acceptors (Lipinski definition) is 2. The minimum atomic E-state index is 0.663. The molecule has 2 N–H and O–H groups in total. The van der Waals surface area contributed by atoms with E-state index in [-0.39, 0.29) is 0 Å². The Morgan fingerprint density at radius 1 is 1.19 bits per heavy atom. The molecule has 2 nitrogen and oxygen atoms in total. The van der Waals surface area contributed by atoms with E-state index in [1.165, 1.54) is 57.9 Å². The molecule has 0 amide bonds. The summed E-state index contributed by atoms with van der Waals surface area (Å²) >= 11 is 0. The van der Waals surface area contributed by atoms with Crippen LogP contribution in [0.4, 0.5) is 0 Å². The van der Waals surface area contributed by atoms with Gasteiger partial charge in [-0.1, -0.05) is 26.2 Å². The summed E-state index contributed by atoms with van der Waals surface area (Å²) in [6.07, 6.45) is 11.3. The maximum absolute atomic E-state index is 5.97. The molecule has 0 aromatic heterocycles. The van der Waals surface area contributed by atoms with Crippen molar-refractivity contribution in [3.05, 3.63) is 0 Å². The van der Waals surface area contributed by atoms with E-state index in [0.29, 0.717) is 6.04 Å². The van der Waals surface area contributed by atoms with Crippen molar-refractivity contribution in [2.24, 2.45) is 11.7 Å². The Morgan fingerprint density at radius 3 is 2.69 bits per heavy atom. The van der Waals surface area contributed by atoms with Crippen LogP contribution < -0.4 is 5.73 Å². The maximum Gasteiger partial charge on any atom is 0.0221 e. The van der Waals surface area contributed by atoms with E-state index in [1.807, 2.05) is 0 Å². The quantitative estimate of drug-likeness (QED) is 0.795. The summed E-state index contributed by atoms with van der Waals surface area (Å²) in [6.45, 7) is 4.45. The van der Waals surface area contributed by atoms with Crippen LogP contribution >= 0.6 is 0 Å². The smallest absolute Gasteiger partial charge is 0.0221 e. The van der Waals surface area contributed by atoms with E-state index < -0.39 is 0 Å². The van der Waals surface area contributed by atoms with Gasteiger partial charge in [-0.05, 0) is 44.6 Å². The Morgan fingerprint density at radius 2 is 1.94 bits per heavy atom. The lowest BCUT2D eigenvalue weighted by Gasteiger charge is -2.47. The number of nitrogens with zero attached hydrogens (tertiary/aromatic N) is 1. The zero-order valence-electron chi connectivity index (χ0n) is 10.8. The van der Waals surface area contributed by atoms with Crippen molar-refractivity contribution < 1.29 is 0 Å². The fraction of sp³-hybridized carbons (Fsp3) is 1.00. The first-order valence-electron chi connectivity index (χ1n) is 7.32. The highest BCUT2D eigenvalue weighted by atomic mass is 15.2. The minimum Gasteiger partial charge on any atom is -0.329 e. The van der Waals surface area contributed by atoms with Gasteiger partial charge in [0.1, 0.15) is 0 Å². The van der Waals surface area contributed by atoms with E-state index in [4.69, 9.17) is 5.73 Å². The van der Waals surface area contributed by atoms with E-state index >= 15 is 0 Å². The van der Waals surface area contributed by atoms with Crippen LogP contribution in [0.25, 0.3) is 0 Å². The number of likely N-dealkylation sites (tertiary alicyclic amines) is 1. The molecule has 1 heterocycles. The molecule has 0 radical (unpaired) electrons. The summed E-state index contributed by atoms with van der Waals surface area (Å²) in [5, 5.41) is 0. The van der Waals surface area contributed by atoms with Crippen molar-refractivity contribution in [2.75, 3.05) is 13.1 Å². The van der Waals surface area contributed by atoms with E-state index in [9.17, 15) is 0 Å². The summed E-state index contributed by atoms with van der Waals surface area (Å²) in [7, 11) is 0. The van der Waals surface area contributed by atoms with Crippen molar-refractivity contribution >= 4 is 0 Å². The van der Waals surface area contributed by atoms with Gasteiger partial charge in [0, 0.05) is 18.6 Å². The first-order chi connectivity index (χ1) is 7.86. The van der Waals surface area contributed by atoms with Crippen LogP contribution in [0.2, 0.25) is 0 Å². The molecular weight excluding hydrogens is 196 g/mol. The molecular formula is C14H28N2.